The van der Waals surface area contributed by atoms with Crippen LogP contribution in [0.2, 0.25) is 0 Å². The third kappa shape index (κ3) is 2.61. The number of aromatic nitrogens is 2. The molecule has 0 saturated heterocycles. The van der Waals surface area contributed by atoms with E-state index in [1.54, 1.807) is 0 Å². The Morgan fingerprint density at radius 1 is 1.25 bits per heavy atom. The molecule has 0 spiro atoms. The Morgan fingerprint density at radius 3 is 2.60 bits per heavy atom. The van der Waals surface area contributed by atoms with Gasteiger partial charge >= 0.3 is 0 Å². The lowest BCUT2D eigenvalue weighted by atomic mass is 10.1. The Labute approximate surface area is 119 Å². The van der Waals surface area contributed by atoms with E-state index in [1.165, 1.54) is 11.1 Å². The van der Waals surface area contributed by atoms with Crippen molar-refractivity contribution in [2.45, 2.75) is 45.1 Å². The van der Waals surface area contributed by atoms with Gasteiger partial charge in [0, 0.05) is 5.92 Å². The Morgan fingerprint density at radius 2 is 1.95 bits per heavy atom. The summed E-state index contributed by atoms with van der Waals surface area (Å²) >= 11 is 0. The molecular weight excluding hydrogens is 250 g/mol. The van der Waals surface area contributed by atoms with Crippen LogP contribution in [-0.4, -0.2) is 16.7 Å². The van der Waals surface area contributed by atoms with Crippen LogP contribution in [-0.2, 0) is 12.8 Å². The van der Waals surface area contributed by atoms with Gasteiger partial charge < -0.3 is 9.73 Å². The molecule has 1 unspecified atom stereocenters. The van der Waals surface area contributed by atoms with Crippen LogP contribution < -0.4 is 5.32 Å². The molecule has 3 rings (SSSR count). The number of hydrogen-bond donors (Lipinski definition) is 1. The molecule has 0 radical (unpaired) electrons. The van der Waals surface area contributed by atoms with E-state index in [2.05, 4.69) is 53.6 Å². The largest absolute Gasteiger partial charge is 0.423 e. The zero-order valence-corrected chi connectivity index (χ0v) is 12.1. The molecule has 1 aliphatic carbocycles. The van der Waals surface area contributed by atoms with Crippen LogP contribution in [0.1, 0.15) is 55.1 Å². The molecule has 106 valence electrons. The highest BCUT2D eigenvalue weighted by molar-refractivity contribution is 5.34. The fourth-order valence-corrected chi connectivity index (χ4v) is 2.77. The summed E-state index contributed by atoms with van der Waals surface area (Å²) < 4.78 is 5.87. The lowest BCUT2D eigenvalue weighted by Crippen LogP contribution is -2.19. The summed E-state index contributed by atoms with van der Waals surface area (Å²) in [6.07, 6.45) is 3.12. The first-order valence-electron chi connectivity index (χ1n) is 7.41. The predicted octanol–water partition coefficient (Wildman–Crippen LogP) is 3.01. The van der Waals surface area contributed by atoms with E-state index in [0.717, 1.165) is 31.7 Å². The van der Waals surface area contributed by atoms with Gasteiger partial charge in [-0.05, 0) is 43.9 Å². The van der Waals surface area contributed by atoms with Gasteiger partial charge in [-0.3, -0.25) is 0 Å². The van der Waals surface area contributed by atoms with Gasteiger partial charge in [0.2, 0.25) is 11.8 Å². The van der Waals surface area contributed by atoms with Crippen LogP contribution in [0, 0.1) is 0 Å². The molecule has 0 aliphatic heterocycles. The Bertz CT molecular complexity index is 554. The molecule has 1 aliphatic rings. The molecule has 1 N–H and O–H groups in total. The van der Waals surface area contributed by atoms with Crippen molar-refractivity contribution in [1.29, 1.82) is 0 Å². The first-order chi connectivity index (χ1) is 9.78. The molecule has 1 heterocycles. The van der Waals surface area contributed by atoms with Gasteiger partial charge in [0.25, 0.3) is 0 Å². The summed E-state index contributed by atoms with van der Waals surface area (Å²) in [7, 11) is 0. The van der Waals surface area contributed by atoms with Crippen molar-refractivity contribution in [3.63, 3.8) is 0 Å². The molecule has 0 fully saturated rings. The smallest absolute Gasteiger partial charge is 0.233 e. The summed E-state index contributed by atoms with van der Waals surface area (Å²) in [4.78, 5) is 0. The highest BCUT2D eigenvalue weighted by Gasteiger charge is 2.27. The summed E-state index contributed by atoms with van der Waals surface area (Å²) in [5, 5.41) is 11.8. The normalized spacial score (nSPS) is 16.3. The minimum absolute atomic E-state index is 0.125. The number of fused-ring (bicyclic) bond motifs is 1. The predicted molar refractivity (Wildman–Crippen MR) is 77.6 cm³/mol. The van der Waals surface area contributed by atoms with Gasteiger partial charge in [0.05, 0.1) is 6.04 Å². The highest BCUT2D eigenvalue weighted by atomic mass is 16.4. The first-order valence-corrected chi connectivity index (χ1v) is 7.41. The second kappa shape index (κ2) is 5.75. The van der Waals surface area contributed by atoms with Gasteiger partial charge in [-0.1, -0.05) is 31.2 Å². The van der Waals surface area contributed by atoms with Crippen molar-refractivity contribution < 1.29 is 4.42 Å². The highest BCUT2D eigenvalue weighted by Crippen LogP contribution is 2.33. The molecular formula is C16H21N3O. The van der Waals surface area contributed by atoms with E-state index in [1.807, 2.05) is 0 Å². The second-order valence-electron chi connectivity index (χ2n) is 5.53. The molecule has 0 amide bonds. The zero-order chi connectivity index (χ0) is 13.9. The van der Waals surface area contributed by atoms with E-state index in [9.17, 15) is 0 Å². The lowest BCUT2D eigenvalue weighted by molar-refractivity contribution is 0.376. The molecule has 20 heavy (non-hydrogen) atoms. The van der Waals surface area contributed by atoms with E-state index in [-0.39, 0.29) is 6.04 Å². The summed E-state index contributed by atoms with van der Waals surface area (Å²) in [6, 6.07) is 8.70. The number of rotatable bonds is 5. The topological polar surface area (TPSA) is 51.0 Å². The third-order valence-electron chi connectivity index (χ3n) is 3.93. The fraction of sp³-hybridized carbons (Fsp3) is 0.500. The molecule has 1 atom stereocenters. The SMILES string of the molecule is CCCNC(C)c1nnc(C2Cc3ccccc3C2)o1. The van der Waals surface area contributed by atoms with E-state index < -0.39 is 0 Å². The van der Waals surface area contributed by atoms with E-state index in [0.29, 0.717) is 11.8 Å². The van der Waals surface area contributed by atoms with Crippen molar-refractivity contribution in [3.05, 3.63) is 47.2 Å². The van der Waals surface area contributed by atoms with E-state index in [4.69, 9.17) is 4.42 Å². The van der Waals surface area contributed by atoms with Crippen LogP contribution in [0.25, 0.3) is 0 Å². The zero-order valence-electron chi connectivity index (χ0n) is 12.1. The van der Waals surface area contributed by atoms with Gasteiger partial charge in [-0.15, -0.1) is 10.2 Å². The Hall–Kier alpha value is -1.68. The summed E-state index contributed by atoms with van der Waals surface area (Å²) in [6.45, 7) is 5.18. The van der Waals surface area contributed by atoms with Gasteiger partial charge in [-0.2, -0.15) is 0 Å². The van der Waals surface area contributed by atoms with Gasteiger partial charge in [-0.25, -0.2) is 0 Å². The van der Waals surface area contributed by atoms with Crippen molar-refractivity contribution in [2.24, 2.45) is 0 Å². The fourth-order valence-electron chi connectivity index (χ4n) is 2.77. The third-order valence-corrected chi connectivity index (χ3v) is 3.93. The van der Waals surface area contributed by atoms with Crippen LogP contribution in [0.4, 0.5) is 0 Å². The number of nitrogens with one attached hydrogen (secondary N) is 1. The monoisotopic (exact) mass is 271 g/mol. The molecule has 0 bridgehead atoms. The van der Waals surface area contributed by atoms with Gasteiger partial charge in [0.1, 0.15) is 0 Å². The minimum atomic E-state index is 0.125. The summed E-state index contributed by atoms with van der Waals surface area (Å²) in [5.74, 6) is 1.82. The van der Waals surface area contributed by atoms with Crippen LogP contribution >= 0.6 is 0 Å². The molecule has 4 nitrogen and oxygen atoms in total. The van der Waals surface area contributed by atoms with Crippen molar-refractivity contribution in [1.82, 2.24) is 15.5 Å². The maximum atomic E-state index is 5.87. The molecule has 2 aromatic rings. The average molecular weight is 271 g/mol. The maximum absolute atomic E-state index is 5.87. The van der Waals surface area contributed by atoms with Crippen LogP contribution in [0.3, 0.4) is 0 Å². The minimum Gasteiger partial charge on any atom is -0.423 e. The van der Waals surface area contributed by atoms with Crippen molar-refractivity contribution in [2.75, 3.05) is 6.54 Å². The standard InChI is InChI=1S/C16H21N3O/c1-3-8-17-11(2)15-18-19-16(20-15)14-9-12-6-4-5-7-13(12)10-14/h4-7,11,14,17H,3,8-10H2,1-2H3. The van der Waals surface area contributed by atoms with Gasteiger partial charge in [0.15, 0.2) is 0 Å². The summed E-state index contributed by atoms with van der Waals surface area (Å²) in [5.41, 5.74) is 2.82. The number of hydrogen-bond acceptors (Lipinski definition) is 4. The quantitative estimate of drug-likeness (QED) is 0.908. The van der Waals surface area contributed by atoms with E-state index >= 15 is 0 Å². The lowest BCUT2D eigenvalue weighted by Gasteiger charge is -2.08. The molecule has 4 heteroatoms. The average Bonchev–Trinajstić information content (AvgIpc) is 3.10. The van der Waals surface area contributed by atoms with Crippen LogP contribution in [0.5, 0.6) is 0 Å². The Kier molecular flexibility index (Phi) is 3.83. The number of nitrogens with zero attached hydrogens (tertiary/aromatic N) is 2. The Balaban J connectivity index is 1.69. The molecule has 0 saturated carbocycles. The van der Waals surface area contributed by atoms with Crippen molar-refractivity contribution in [3.8, 4) is 0 Å². The number of benzene rings is 1. The maximum Gasteiger partial charge on any atom is 0.233 e. The molecule has 1 aromatic heterocycles. The first kappa shape index (κ1) is 13.3. The molecule has 1 aromatic carbocycles. The second-order valence-corrected chi connectivity index (χ2v) is 5.53. The van der Waals surface area contributed by atoms with Crippen molar-refractivity contribution >= 4 is 0 Å². The van der Waals surface area contributed by atoms with Crippen LogP contribution in [0.15, 0.2) is 28.7 Å².